The van der Waals surface area contributed by atoms with E-state index in [-0.39, 0.29) is 0 Å². The molecule has 86 valence electrons. The molecule has 0 aliphatic heterocycles. The van der Waals surface area contributed by atoms with E-state index in [0.29, 0.717) is 12.0 Å². The SMILES string of the molecule is NNC(=NC1CCCC1)C1CCCCC1. The zero-order valence-electron chi connectivity index (χ0n) is 9.54. The summed E-state index contributed by atoms with van der Waals surface area (Å²) in [6.45, 7) is 0. The molecule has 0 aromatic carbocycles. The molecule has 2 fully saturated rings. The van der Waals surface area contributed by atoms with E-state index < -0.39 is 0 Å². The van der Waals surface area contributed by atoms with Crippen LogP contribution in [0.2, 0.25) is 0 Å². The lowest BCUT2D eigenvalue weighted by molar-refractivity contribution is 0.429. The van der Waals surface area contributed by atoms with E-state index in [4.69, 9.17) is 10.8 Å². The molecule has 0 amide bonds. The minimum Gasteiger partial charge on any atom is -0.312 e. The molecule has 0 saturated heterocycles. The first kappa shape index (κ1) is 10.9. The molecular weight excluding hydrogens is 186 g/mol. The molecule has 0 aromatic heterocycles. The minimum absolute atomic E-state index is 0.554. The molecule has 2 aliphatic rings. The Morgan fingerprint density at radius 2 is 1.53 bits per heavy atom. The van der Waals surface area contributed by atoms with Gasteiger partial charge in [0.05, 0.1) is 6.04 Å². The van der Waals surface area contributed by atoms with Gasteiger partial charge < -0.3 is 5.43 Å². The number of nitrogens with two attached hydrogens (primary N) is 1. The number of rotatable bonds is 2. The van der Waals surface area contributed by atoms with Crippen molar-refractivity contribution in [2.24, 2.45) is 16.8 Å². The van der Waals surface area contributed by atoms with E-state index in [1.807, 2.05) is 0 Å². The van der Waals surface area contributed by atoms with Crippen molar-refractivity contribution in [2.75, 3.05) is 0 Å². The van der Waals surface area contributed by atoms with E-state index in [0.717, 1.165) is 5.84 Å². The first-order chi connectivity index (χ1) is 7.40. The standard InChI is InChI=1S/C12H23N3/c13-15-12(10-6-2-1-3-7-10)14-11-8-4-5-9-11/h10-11H,1-9,13H2,(H,14,15). The third-order valence-corrected chi connectivity index (χ3v) is 3.79. The summed E-state index contributed by atoms with van der Waals surface area (Å²) in [5.74, 6) is 7.30. The van der Waals surface area contributed by atoms with Gasteiger partial charge in [0.15, 0.2) is 0 Å². The summed E-state index contributed by atoms with van der Waals surface area (Å²) in [5, 5.41) is 0. The molecule has 2 rings (SSSR count). The third-order valence-electron chi connectivity index (χ3n) is 3.79. The highest BCUT2D eigenvalue weighted by molar-refractivity contribution is 5.84. The molecular formula is C12H23N3. The average molecular weight is 209 g/mol. The number of nitrogens with one attached hydrogen (secondary N) is 1. The Labute approximate surface area is 92.5 Å². The summed E-state index contributed by atoms with van der Waals surface area (Å²) >= 11 is 0. The fourth-order valence-corrected chi connectivity index (χ4v) is 2.87. The Morgan fingerprint density at radius 3 is 2.13 bits per heavy atom. The number of nitrogens with zero attached hydrogens (tertiary/aromatic N) is 1. The topological polar surface area (TPSA) is 50.4 Å². The molecule has 0 radical (unpaired) electrons. The number of hydrogen-bond donors (Lipinski definition) is 2. The average Bonchev–Trinajstić information content (AvgIpc) is 2.80. The first-order valence-corrected chi connectivity index (χ1v) is 6.44. The smallest absolute Gasteiger partial charge is 0.114 e. The fraction of sp³-hybridized carbons (Fsp3) is 0.917. The zero-order valence-corrected chi connectivity index (χ0v) is 9.54. The Balaban J connectivity index is 1.94. The van der Waals surface area contributed by atoms with Gasteiger partial charge in [-0.1, -0.05) is 32.1 Å². The normalized spacial score (nSPS) is 25.8. The molecule has 2 saturated carbocycles. The molecule has 0 atom stereocenters. The quantitative estimate of drug-likeness (QED) is 0.317. The van der Waals surface area contributed by atoms with Crippen molar-refractivity contribution >= 4 is 5.84 Å². The van der Waals surface area contributed by atoms with Crippen LogP contribution < -0.4 is 11.3 Å². The summed E-state index contributed by atoms with van der Waals surface area (Å²) in [7, 11) is 0. The first-order valence-electron chi connectivity index (χ1n) is 6.44. The second kappa shape index (κ2) is 5.50. The highest BCUT2D eigenvalue weighted by Crippen LogP contribution is 2.26. The third kappa shape index (κ3) is 2.94. The minimum atomic E-state index is 0.554. The van der Waals surface area contributed by atoms with E-state index in [1.165, 1.54) is 57.8 Å². The Kier molecular flexibility index (Phi) is 4.01. The van der Waals surface area contributed by atoms with Gasteiger partial charge in [0, 0.05) is 5.92 Å². The Hall–Kier alpha value is -0.570. The van der Waals surface area contributed by atoms with Crippen LogP contribution in [-0.2, 0) is 0 Å². The maximum atomic E-state index is 5.60. The molecule has 3 N–H and O–H groups in total. The molecule has 0 heterocycles. The number of amidine groups is 1. The van der Waals surface area contributed by atoms with Crippen molar-refractivity contribution in [2.45, 2.75) is 63.8 Å². The zero-order chi connectivity index (χ0) is 10.5. The lowest BCUT2D eigenvalue weighted by Crippen LogP contribution is -2.38. The summed E-state index contributed by atoms with van der Waals surface area (Å²) < 4.78 is 0. The van der Waals surface area contributed by atoms with Crippen LogP contribution in [0, 0.1) is 5.92 Å². The van der Waals surface area contributed by atoms with Crippen molar-refractivity contribution in [1.29, 1.82) is 0 Å². The van der Waals surface area contributed by atoms with Crippen molar-refractivity contribution < 1.29 is 0 Å². The van der Waals surface area contributed by atoms with Crippen LogP contribution in [0.4, 0.5) is 0 Å². The second-order valence-electron chi connectivity index (χ2n) is 4.93. The van der Waals surface area contributed by atoms with Crippen LogP contribution in [0.25, 0.3) is 0 Å². The van der Waals surface area contributed by atoms with Gasteiger partial charge in [0.25, 0.3) is 0 Å². The van der Waals surface area contributed by atoms with Crippen LogP contribution in [0.15, 0.2) is 4.99 Å². The summed E-state index contributed by atoms with van der Waals surface area (Å²) in [6, 6.07) is 0.554. The van der Waals surface area contributed by atoms with Crippen molar-refractivity contribution in [3.8, 4) is 0 Å². The van der Waals surface area contributed by atoms with Crippen LogP contribution in [0.5, 0.6) is 0 Å². The number of aliphatic imine (C=N–C) groups is 1. The van der Waals surface area contributed by atoms with Gasteiger partial charge in [-0.3, -0.25) is 4.99 Å². The lowest BCUT2D eigenvalue weighted by atomic mass is 9.88. The maximum absolute atomic E-state index is 5.60. The molecule has 0 unspecified atom stereocenters. The van der Waals surface area contributed by atoms with Gasteiger partial charge in [-0.05, 0) is 25.7 Å². The lowest BCUT2D eigenvalue weighted by Gasteiger charge is -2.23. The molecule has 15 heavy (non-hydrogen) atoms. The van der Waals surface area contributed by atoms with Gasteiger partial charge >= 0.3 is 0 Å². The fourth-order valence-electron chi connectivity index (χ4n) is 2.87. The summed E-state index contributed by atoms with van der Waals surface area (Å²) in [4.78, 5) is 4.80. The van der Waals surface area contributed by atoms with Gasteiger partial charge in [0.2, 0.25) is 0 Å². The number of hydrazine groups is 1. The Bertz CT molecular complexity index is 213. The van der Waals surface area contributed by atoms with Crippen LogP contribution in [0.1, 0.15) is 57.8 Å². The second-order valence-corrected chi connectivity index (χ2v) is 4.93. The highest BCUT2D eigenvalue weighted by Gasteiger charge is 2.21. The van der Waals surface area contributed by atoms with Gasteiger partial charge in [-0.2, -0.15) is 0 Å². The van der Waals surface area contributed by atoms with Crippen LogP contribution in [0.3, 0.4) is 0 Å². The van der Waals surface area contributed by atoms with Crippen LogP contribution in [-0.4, -0.2) is 11.9 Å². The van der Waals surface area contributed by atoms with Gasteiger partial charge in [-0.15, -0.1) is 0 Å². The van der Waals surface area contributed by atoms with Gasteiger partial charge in [-0.25, -0.2) is 5.84 Å². The van der Waals surface area contributed by atoms with Crippen molar-refractivity contribution in [3.63, 3.8) is 0 Å². The largest absolute Gasteiger partial charge is 0.312 e. The summed E-state index contributed by atoms with van der Waals surface area (Å²) in [5.41, 5.74) is 2.85. The molecule has 2 aliphatic carbocycles. The molecule has 3 nitrogen and oxygen atoms in total. The number of hydrogen-bond acceptors (Lipinski definition) is 2. The van der Waals surface area contributed by atoms with E-state index in [2.05, 4.69) is 5.43 Å². The van der Waals surface area contributed by atoms with E-state index in [9.17, 15) is 0 Å². The molecule has 3 heteroatoms. The van der Waals surface area contributed by atoms with Crippen molar-refractivity contribution in [3.05, 3.63) is 0 Å². The van der Waals surface area contributed by atoms with Crippen molar-refractivity contribution in [1.82, 2.24) is 5.43 Å². The molecule has 0 bridgehead atoms. The maximum Gasteiger partial charge on any atom is 0.114 e. The van der Waals surface area contributed by atoms with E-state index >= 15 is 0 Å². The Morgan fingerprint density at radius 1 is 0.933 bits per heavy atom. The predicted molar refractivity (Wildman–Crippen MR) is 63.6 cm³/mol. The molecule has 0 spiro atoms. The monoisotopic (exact) mass is 209 g/mol. The molecule has 0 aromatic rings. The van der Waals surface area contributed by atoms with E-state index in [1.54, 1.807) is 0 Å². The highest BCUT2D eigenvalue weighted by atomic mass is 15.3. The summed E-state index contributed by atoms with van der Waals surface area (Å²) in [6.07, 6.45) is 11.8. The van der Waals surface area contributed by atoms with Crippen LogP contribution >= 0.6 is 0 Å². The predicted octanol–water partition coefficient (Wildman–Crippen LogP) is 2.37. The van der Waals surface area contributed by atoms with Gasteiger partial charge in [0.1, 0.15) is 5.84 Å².